The van der Waals surface area contributed by atoms with Gasteiger partial charge in [0.1, 0.15) is 18.4 Å². The Morgan fingerprint density at radius 2 is 1.81 bits per heavy atom. The van der Waals surface area contributed by atoms with Gasteiger partial charge in [0.2, 0.25) is 5.95 Å². The van der Waals surface area contributed by atoms with Crippen molar-refractivity contribution in [1.82, 2.24) is 15.0 Å². The number of morpholine rings is 1. The molecule has 1 aliphatic rings. The van der Waals surface area contributed by atoms with E-state index in [4.69, 9.17) is 25.2 Å². The van der Waals surface area contributed by atoms with E-state index in [9.17, 15) is 0 Å². The van der Waals surface area contributed by atoms with Crippen molar-refractivity contribution < 1.29 is 14.5 Å². The van der Waals surface area contributed by atoms with Gasteiger partial charge in [-0.2, -0.15) is 0 Å². The molecule has 3 N–H and O–H groups in total. The predicted molar refractivity (Wildman–Crippen MR) is 125 cm³/mol. The van der Waals surface area contributed by atoms with Crippen molar-refractivity contribution in [1.29, 1.82) is 0 Å². The van der Waals surface area contributed by atoms with Gasteiger partial charge in [-0.1, -0.05) is 18.2 Å². The molecule has 0 unspecified atom stereocenters. The lowest BCUT2D eigenvalue weighted by Gasteiger charge is -2.28. The number of anilines is 1. The third-order valence-electron chi connectivity index (χ3n) is 5.20. The summed E-state index contributed by atoms with van der Waals surface area (Å²) in [7, 11) is 3.47. The van der Waals surface area contributed by atoms with E-state index in [1.807, 2.05) is 49.5 Å². The van der Waals surface area contributed by atoms with Crippen molar-refractivity contribution >= 4 is 17.9 Å². The molecule has 4 rings (SSSR count). The first-order valence-electron chi connectivity index (χ1n) is 10.5. The summed E-state index contributed by atoms with van der Waals surface area (Å²) in [6.07, 6.45) is 7.12. The van der Waals surface area contributed by atoms with Crippen LogP contribution in [0.4, 0.5) is 5.95 Å². The number of hydrogen-bond acceptors (Lipinski definition) is 7. The normalized spacial score (nSPS) is 14.7. The van der Waals surface area contributed by atoms with Gasteiger partial charge in [-0.15, -0.1) is 0 Å². The minimum absolute atomic E-state index is 0.606. The smallest absolute Gasteiger partial charge is 0.226 e. The van der Waals surface area contributed by atoms with Gasteiger partial charge >= 0.3 is 0 Å². The average molecular weight is 432 g/mol. The Morgan fingerprint density at radius 1 is 1.09 bits per heavy atom. The first-order chi connectivity index (χ1) is 15.7. The molecule has 2 aromatic heterocycles. The molecule has 1 saturated heterocycles. The Labute approximate surface area is 187 Å². The molecule has 0 spiro atoms. The predicted octanol–water partition coefficient (Wildman–Crippen LogP) is 1.13. The highest BCUT2D eigenvalue weighted by atomic mass is 16.5. The Morgan fingerprint density at radius 3 is 2.50 bits per heavy atom. The summed E-state index contributed by atoms with van der Waals surface area (Å²) in [5, 5.41) is 0. The van der Waals surface area contributed by atoms with Crippen molar-refractivity contribution in [3.63, 3.8) is 0 Å². The molecule has 0 saturated carbocycles. The van der Waals surface area contributed by atoms with Gasteiger partial charge in [0, 0.05) is 48.4 Å². The second-order valence-corrected chi connectivity index (χ2v) is 7.25. The summed E-state index contributed by atoms with van der Waals surface area (Å²) in [5.41, 5.74) is 11.0. The summed E-state index contributed by atoms with van der Waals surface area (Å²) < 4.78 is 11.4. The number of ether oxygens (including phenoxy) is 2. The zero-order valence-electron chi connectivity index (χ0n) is 18.3. The number of nitrogens with one attached hydrogen (secondary N) is 1. The number of benzene rings is 1. The van der Waals surface area contributed by atoms with Crippen LogP contribution in [-0.2, 0) is 4.74 Å². The van der Waals surface area contributed by atoms with Crippen LogP contribution >= 0.6 is 0 Å². The summed E-state index contributed by atoms with van der Waals surface area (Å²) in [6, 6.07) is 11.8. The highest BCUT2D eigenvalue weighted by molar-refractivity contribution is 5.83. The van der Waals surface area contributed by atoms with Gasteiger partial charge in [-0.25, -0.2) is 9.97 Å². The lowest BCUT2D eigenvalue weighted by atomic mass is 10.0. The SMILES string of the molecule is C[NH+]=C/C=C(\N)c1cccc(-c2nc(N3CCOCC3)nc(-c3ccncc3)c2OC)c1. The van der Waals surface area contributed by atoms with E-state index in [1.54, 1.807) is 25.7 Å². The fourth-order valence-corrected chi connectivity index (χ4v) is 3.55. The molecule has 0 atom stereocenters. The highest BCUT2D eigenvalue weighted by Gasteiger charge is 2.22. The molecule has 8 heteroatoms. The maximum atomic E-state index is 6.26. The third kappa shape index (κ3) is 4.60. The number of methoxy groups -OCH3 is 1. The quantitative estimate of drug-likeness (QED) is 0.565. The molecule has 0 bridgehead atoms. The molecule has 3 heterocycles. The molecule has 3 aromatic rings. The number of aromatic nitrogens is 3. The van der Waals surface area contributed by atoms with E-state index in [1.165, 1.54) is 0 Å². The van der Waals surface area contributed by atoms with Gasteiger partial charge in [0.15, 0.2) is 12.0 Å². The molecule has 0 amide bonds. The fraction of sp³-hybridized carbons (Fsp3) is 0.250. The summed E-state index contributed by atoms with van der Waals surface area (Å²) in [6.45, 7) is 2.76. The topological polar surface area (TPSA) is 100 Å². The van der Waals surface area contributed by atoms with Crippen LogP contribution in [0, 0.1) is 0 Å². The molecule has 8 nitrogen and oxygen atoms in total. The first kappa shape index (κ1) is 21.5. The maximum absolute atomic E-state index is 6.26. The molecule has 0 radical (unpaired) electrons. The Bertz CT molecular complexity index is 1120. The van der Waals surface area contributed by atoms with Gasteiger partial charge in [-0.3, -0.25) is 9.98 Å². The summed E-state index contributed by atoms with van der Waals surface area (Å²) in [4.78, 5) is 19.0. The maximum Gasteiger partial charge on any atom is 0.226 e. The van der Waals surface area contributed by atoms with Crippen LogP contribution in [0.15, 0.2) is 54.9 Å². The molecule has 0 aliphatic carbocycles. The zero-order chi connectivity index (χ0) is 22.3. The van der Waals surface area contributed by atoms with Crippen LogP contribution in [0.1, 0.15) is 5.56 Å². The monoisotopic (exact) mass is 431 g/mol. The minimum atomic E-state index is 0.606. The zero-order valence-corrected chi connectivity index (χ0v) is 18.3. The van der Waals surface area contributed by atoms with E-state index < -0.39 is 0 Å². The van der Waals surface area contributed by atoms with Crippen LogP contribution in [0.3, 0.4) is 0 Å². The molecule has 164 valence electrons. The molecule has 1 aliphatic heterocycles. The van der Waals surface area contributed by atoms with E-state index in [2.05, 4.69) is 14.9 Å². The highest BCUT2D eigenvalue weighted by Crippen LogP contribution is 2.38. The summed E-state index contributed by atoms with van der Waals surface area (Å²) in [5.74, 6) is 1.25. The molecular weight excluding hydrogens is 404 g/mol. The summed E-state index contributed by atoms with van der Waals surface area (Å²) >= 11 is 0. The van der Waals surface area contributed by atoms with Crippen molar-refractivity contribution in [3.05, 3.63) is 60.4 Å². The number of pyridine rings is 1. The van der Waals surface area contributed by atoms with Gasteiger partial charge in [0.25, 0.3) is 0 Å². The first-order valence-corrected chi connectivity index (χ1v) is 10.5. The fourth-order valence-electron chi connectivity index (χ4n) is 3.55. The number of allylic oxidation sites excluding steroid dienone is 1. The van der Waals surface area contributed by atoms with E-state index in [0.717, 1.165) is 35.5 Å². The Balaban J connectivity index is 1.89. The second kappa shape index (κ2) is 10.0. The molecule has 32 heavy (non-hydrogen) atoms. The van der Waals surface area contributed by atoms with Gasteiger partial charge in [0.05, 0.1) is 20.3 Å². The number of nitrogens with two attached hydrogens (primary N) is 1. The van der Waals surface area contributed by atoms with E-state index >= 15 is 0 Å². The van der Waals surface area contributed by atoms with Crippen molar-refractivity contribution in [2.75, 3.05) is 45.4 Å². The number of hydrogen-bond donors (Lipinski definition) is 2. The van der Waals surface area contributed by atoms with Crippen LogP contribution in [-0.4, -0.2) is 61.6 Å². The average Bonchev–Trinajstić information content (AvgIpc) is 2.87. The number of rotatable bonds is 6. The van der Waals surface area contributed by atoms with Gasteiger partial charge < -0.3 is 20.1 Å². The standard InChI is InChI=1S/C24H26N6O2/c1-26-9-8-20(25)18-4-3-5-19(16-18)22-23(31-2)21(17-6-10-27-11-7-17)28-24(29-22)30-12-14-32-15-13-30/h3-11,16H,12-15,25H2,1-2H3/p+1/b20-8-,26-9?. The molecule has 1 aromatic carbocycles. The van der Waals surface area contributed by atoms with Crippen LogP contribution in [0.5, 0.6) is 5.75 Å². The lowest BCUT2D eigenvalue weighted by Crippen LogP contribution is -2.62. The number of nitrogens with zero attached hydrogens (tertiary/aromatic N) is 4. The van der Waals surface area contributed by atoms with Crippen LogP contribution in [0.25, 0.3) is 28.2 Å². The Hall–Kier alpha value is -3.78. The minimum Gasteiger partial charge on any atom is -0.492 e. The lowest BCUT2D eigenvalue weighted by molar-refractivity contribution is -0.413. The van der Waals surface area contributed by atoms with Gasteiger partial charge in [-0.05, 0) is 23.8 Å². The Kier molecular flexibility index (Phi) is 6.72. The largest absolute Gasteiger partial charge is 0.492 e. The van der Waals surface area contributed by atoms with Crippen LogP contribution < -0.4 is 20.4 Å². The molecule has 1 fully saturated rings. The van der Waals surface area contributed by atoms with Crippen LogP contribution in [0.2, 0.25) is 0 Å². The second-order valence-electron chi connectivity index (χ2n) is 7.25. The third-order valence-corrected chi connectivity index (χ3v) is 5.20. The van der Waals surface area contributed by atoms with Crippen molar-refractivity contribution in [3.8, 4) is 28.3 Å². The van der Waals surface area contributed by atoms with Crippen molar-refractivity contribution in [2.45, 2.75) is 0 Å². The van der Waals surface area contributed by atoms with Crippen molar-refractivity contribution in [2.24, 2.45) is 5.73 Å². The van der Waals surface area contributed by atoms with E-state index in [-0.39, 0.29) is 0 Å². The van der Waals surface area contributed by atoms with E-state index in [0.29, 0.717) is 36.3 Å². The molecular formula is C24H27N6O2+.